The van der Waals surface area contributed by atoms with Gasteiger partial charge in [0.15, 0.2) is 0 Å². The van der Waals surface area contributed by atoms with Gasteiger partial charge in [0.05, 0.1) is 17.3 Å². The van der Waals surface area contributed by atoms with E-state index < -0.39 is 5.97 Å². The summed E-state index contributed by atoms with van der Waals surface area (Å²) in [5.41, 5.74) is 0. The molecule has 2 aromatic heterocycles. The number of nitrogens with zero attached hydrogens (tertiary/aromatic N) is 3. The first-order chi connectivity index (χ1) is 9.65. The number of likely N-dealkylation sites (tertiary alicyclic amines) is 1. The molecule has 0 aromatic carbocycles. The fourth-order valence-corrected chi connectivity index (χ4v) is 3.19. The van der Waals surface area contributed by atoms with Gasteiger partial charge in [-0.3, -0.25) is 9.69 Å². The fraction of sp³-hybridized carbons (Fsp3) is 0.462. The molecule has 1 saturated heterocycles. The van der Waals surface area contributed by atoms with E-state index in [1.54, 1.807) is 11.3 Å². The maximum Gasteiger partial charge on any atom is 0.308 e. The van der Waals surface area contributed by atoms with Gasteiger partial charge in [-0.15, -0.1) is 21.5 Å². The second kappa shape index (κ2) is 5.34. The van der Waals surface area contributed by atoms with Crippen molar-refractivity contribution in [2.24, 2.45) is 5.92 Å². The van der Waals surface area contributed by atoms with Gasteiger partial charge < -0.3 is 9.52 Å². The number of aliphatic carboxylic acids is 1. The molecule has 20 heavy (non-hydrogen) atoms. The van der Waals surface area contributed by atoms with Crippen LogP contribution in [0.3, 0.4) is 0 Å². The highest BCUT2D eigenvalue weighted by molar-refractivity contribution is 7.13. The first kappa shape index (κ1) is 13.3. The molecule has 3 rings (SSSR count). The molecule has 6 nitrogen and oxygen atoms in total. The number of carboxylic acid groups (broad SMARTS) is 1. The standard InChI is InChI=1S/C13H15N3O3S/c1-8-9(13(17)18)4-5-16(8)7-11-14-15-12(19-11)10-3-2-6-20-10/h2-3,6,8-9H,4-5,7H2,1H3,(H,17,18). The van der Waals surface area contributed by atoms with Gasteiger partial charge in [-0.1, -0.05) is 6.07 Å². The van der Waals surface area contributed by atoms with Crippen molar-refractivity contribution in [2.45, 2.75) is 25.9 Å². The number of rotatable bonds is 4. The molecular weight excluding hydrogens is 278 g/mol. The lowest BCUT2D eigenvalue weighted by Gasteiger charge is -2.20. The first-order valence-corrected chi connectivity index (χ1v) is 7.36. The van der Waals surface area contributed by atoms with Crippen LogP contribution in [-0.4, -0.2) is 38.8 Å². The molecule has 0 amide bonds. The van der Waals surface area contributed by atoms with Crippen LogP contribution in [0.1, 0.15) is 19.2 Å². The SMILES string of the molecule is CC1C(C(=O)O)CCN1Cc1nnc(-c2cccs2)o1. The van der Waals surface area contributed by atoms with Gasteiger partial charge in [0.25, 0.3) is 5.89 Å². The minimum atomic E-state index is -0.732. The summed E-state index contributed by atoms with van der Waals surface area (Å²) in [5.74, 6) is 0.0161. The summed E-state index contributed by atoms with van der Waals surface area (Å²) in [4.78, 5) is 14.1. The van der Waals surface area contributed by atoms with E-state index in [0.717, 1.165) is 11.4 Å². The topological polar surface area (TPSA) is 79.5 Å². The predicted molar refractivity (Wildman–Crippen MR) is 73.2 cm³/mol. The Labute approximate surface area is 120 Å². The van der Waals surface area contributed by atoms with E-state index in [4.69, 9.17) is 9.52 Å². The Bertz CT molecular complexity index is 596. The van der Waals surface area contributed by atoms with Crippen LogP contribution in [0.4, 0.5) is 0 Å². The third kappa shape index (κ3) is 2.46. The van der Waals surface area contributed by atoms with Gasteiger partial charge in [0, 0.05) is 6.04 Å². The molecule has 1 N–H and O–H groups in total. The van der Waals surface area contributed by atoms with Gasteiger partial charge >= 0.3 is 5.97 Å². The number of carboxylic acids is 1. The highest BCUT2D eigenvalue weighted by Crippen LogP contribution is 2.27. The molecule has 7 heteroatoms. The lowest BCUT2D eigenvalue weighted by Crippen LogP contribution is -2.32. The van der Waals surface area contributed by atoms with Gasteiger partial charge in [-0.25, -0.2) is 0 Å². The molecule has 0 saturated carbocycles. The van der Waals surface area contributed by atoms with Crippen molar-refractivity contribution >= 4 is 17.3 Å². The Morgan fingerprint density at radius 3 is 3.10 bits per heavy atom. The highest BCUT2D eigenvalue weighted by Gasteiger charge is 2.36. The smallest absolute Gasteiger partial charge is 0.308 e. The van der Waals surface area contributed by atoms with Crippen LogP contribution in [0.5, 0.6) is 0 Å². The van der Waals surface area contributed by atoms with Gasteiger partial charge in [-0.2, -0.15) is 0 Å². The summed E-state index contributed by atoms with van der Waals surface area (Å²) >= 11 is 1.55. The second-order valence-corrected chi connectivity index (χ2v) is 5.87. The van der Waals surface area contributed by atoms with Crippen LogP contribution >= 0.6 is 11.3 Å². The van der Waals surface area contributed by atoms with E-state index in [0.29, 0.717) is 24.7 Å². The molecule has 0 radical (unpaired) electrons. The Kier molecular flexibility index (Phi) is 3.54. The normalized spacial score (nSPS) is 23.2. The van der Waals surface area contributed by atoms with Crippen molar-refractivity contribution in [1.29, 1.82) is 0 Å². The molecule has 2 atom stereocenters. The Morgan fingerprint density at radius 1 is 1.60 bits per heavy atom. The van der Waals surface area contributed by atoms with E-state index in [2.05, 4.69) is 15.1 Å². The summed E-state index contributed by atoms with van der Waals surface area (Å²) in [6.45, 7) is 3.18. The highest BCUT2D eigenvalue weighted by atomic mass is 32.1. The molecule has 106 valence electrons. The van der Waals surface area contributed by atoms with Crippen molar-refractivity contribution in [3.8, 4) is 10.8 Å². The van der Waals surface area contributed by atoms with Crippen molar-refractivity contribution in [1.82, 2.24) is 15.1 Å². The van der Waals surface area contributed by atoms with Gasteiger partial charge in [0.2, 0.25) is 5.89 Å². The van der Waals surface area contributed by atoms with Crippen LogP contribution < -0.4 is 0 Å². The zero-order chi connectivity index (χ0) is 14.1. The third-order valence-corrected chi connectivity index (χ3v) is 4.60. The maximum absolute atomic E-state index is 11.1. The number of aromatic nitrogens is 2. The van der Waals surface area contributed by atoms with Crippen molar-refractivity contribution in [3.63, 3.8) is 0 Å². The van der Waals surface area contributed by atoms with Gasteiger partial charge in [0.1, 0.15) is 0 Å². The van der Waals surface area contributed by atoms with Crippen LogP contribution in [0, 0.1) is 5.92 Å². The van der Waals surface area contributed by atoms with Crippen LogP contribution in [0.25, 0.3) is 10.8 Å². The van der Waals surface area contributed by atoms with E-state index in [-0.39, 0.29) is 12.0 Å². The van der Waals surface area contributed by atoms with Crippen molar-refractivity contribution in [2.75, 3.05) is 6.54 Å². The maximum atomic E-state index is 11.1. The van der Waals surface area contributed by atoms with E-state index >= 15 is 0 Å². The van der Waals surface area contributed by atoms with Crippen molar-refractivity contribution < 1.29 is 14.3 Å². The zero-order valence-corrected chi connectivity index (χ0v) is 11.8. The zero-order valence-electron chi connectivity index (χ0n) is 11.0. The van der Waals surface area contributed by atoms with Crippen LogP contribution in [-0.2, 0) is 11.3 Å². The predicted octanol–water partition coefficient (Wildman–Crippen LogP) is 2.09. The number of hydrogen-bond acceptors (Lipinski definition) is 6. The molecule has 0 aliphatic carbocycles. The summed E-state index contributed by atoms with van der Waals surface area (Å²) in [6, 6.07) is 3.86. The molecule has 1 fully saturated rings. The average Bonchev–Trinajstić information content (AvgIpc) is 3.12. The molecule has 2 unspecified atom stereocenters. The lowest BCUT2D eigenvalue weighted by molar-refractivity contribution is -0.142. The monoisotopic (exact) mass is 293 g/mol. The Hall–Kier alpha value is -1.73. The van der Waals surface area contributed by atoms with Crippen LogP contribution in [0.2, 0.25) is 0 Å². The Morgan fingerprint density at radius 2 is 2.45 bits per heavy atom. The van der Waals surface area contributed by atoms with E-state index in [1.807, 2.05) is 24.4 Å². The molecule has 1 aliphatic heterocycles. The first-order valence-electron chi connectivity index (χ1n) is 6.48. The molecule has 3 heterocycles. The van der Waals surface area contributed by atoms with E-state index in [1.165, 1.54) is 0 Å². The van der Waals surface area contributed by atoms with Crippen molar-refractivity contribution in [3.05, 3.63) is 23.4 Å². The van der Waals surface area contributed by atoms with E-state index in [9.17, 15) is 4.79 Å². The molecule has 0 bridgehead atoms. The Balaban J connectivity index is 1.69. The summed E-state index contributed by atoms with van der Waals surface area (Å²) < 4.78 is 5.63. The molecule has 0 spiro atoms. The second-order valence-electron chi connectivity index (χ2n) is 4.92. The van der Waals surface area contributed by atoms with Crippen LogP contribution in [0.15, 0.2) is 21.9 Å². The molecular formula is C13H15N3O3S. The fourth-order valence-electron chi connectivity index (χ4n) is 2.55. The summed E-state index contributed by atoms with van der Waals surface area (Å²) in [5, 5.41) is 19.1. The summed E-state index contributed by atoms with van der Waals surface area (Å²) in [6.07, 6.45) is 0.669. The summed E-state index contributed by atoms with van der Waals surface area (Å²) in [7, 11) is 0. The number of thiophene rings is 1. The minimum Gasteiger partial charge on any atom is -0.481 e. The lowest BCUT2D eigenvalue weighted by atomic mass is 10.0. The quantitative estimate of drug-likeness (QED) is 0.930. The third-order valence-electron chi connectivity index (χ3n) is 3.74. The minimum absolute atomic E-state index is 0.00964. The number of carbonyl (C=O) groups is 1. The molecule has 2 aromatic rings. The van der Waals surface area contributed by atoms with Gasteiger partial charge in [-0.05, 0) is 31.3 Å². The molecule has 1 aliphatic rings. The average molecular weight is 293 g/mol. The largest absolute Gasteiger partial charge is 0.481 e. The number of hydrogen-bond donors (Lipinski definition) is 1.